The van der Waals surface area contributed by atoms with Gasteiger partial charge in [0.05, 0.1) is 47.9 Å². The van der Waals surface area contributed by atoms with Gasteiger partial charge in [-0.25, -0.2) is 9.67 Å². The van der Waals surface area contributed by atoms with Crippen molar-refractivity contribution in [2.45, 2.75) is 46.1 Å². The lowest BCUT2D eigenvalue weighted by Crippen LogP contribution is -2.37. The van der Waals surface area contributed by atoms with Gasteiger partial charge in [-0.1, -0.05) is 13.8 Å². The van der Waals surface area contributed by atoms with Crippen molar-refractivity contribution in [3.63, 3.8) is 0 Å². The highest BCUT2D eigenvalue weighted by Gasteiger charge is 2.36. The number of fused-ring (bicyclic) bond motifs is 1. The van der Waals surface area contributed by atoms with E-state index in [-0.39, 0.29) is 17.4 Å². The minimum absolute atomic E-state index is 0.00106. The van der Waals surface area contributed by atoms with E-state index in [9.17, 15) is 4.79 Å². The molecule has 3 aromatic rings. The van der Waals surface area contributed by atoms with E-state index in [4.69, 9.17) is 4.74 Å². The summed E-state index contributed by atoms with van der Waals surface area (Å²) in [5, 5.41) is 10.8. The number of hydrogen-bond acceptors (Lipinski definition) is 5. The number of benzene rings is 1. The zero-order valence-electron chi connectivity index (χ0n) is 17.2. The van der Waals surface area contributed by atoms with Crippen molar-refractivity contribution in [3.8, 4) is 11.4 Å². The van der Waals surface area contributed by atoms with E-state index in [1.165, 1.54) is 0 Å². The first kappa shape index (κ1) is 19.6. The molecular formula is C22H26N4O2S. The number of aryl methyl sites for hydroxylation is 1. The molecule has 1 N–H and O–H groups in total. The number of thiazole rings is 1. The molecule has 1 atom stereocenters. The maximum atomic E-state index is 12.7. The fourth-order valence-corrected chi connectivity index (χ4v) is 4.63. The van der Waals surface area contributed by atoms with Crippen LogP contribution in [0.5, 0.6) is 5.75 Å². The first-order chi connectivity index (χ1) is 13.8. The number of ether oxygens (including phenoxy) is 1. The topological polar surface area (TPSA) is 69.0 Å². The maximum absolute atomic E-state index is 12.7. The molecule has 152 valence electrons. The van der Waals surface area contributed by atoms with Crippen molar-refractivity contribution in [1.29, 1.82) is 0 Å². The normalized spacial score (nSPS) is 17.6. The van der Waals surface area contributed by atoms with Crippen molar-refractivity contribution in [1.82, 2.24) is 20.1 Å². The molecule has 1 unspecified atom stereocenters. The largest absolute Gasteiger partial charge is 0.497 e. The van der Waals surface area contributed by atoms with Crippen molar-refractivity contribution < 1.29 is 9.53 Å². The molecule has 1 aromatic carbocycles. The van der Waals surface area contributed by atoms with Gasteiger partial charge < -0.3 is 10.1 Å². The van der Waals surface area contributed by atoms with Crippen LogP contribution in [-0.4, -0.2) is 27.8 Å². The quantitative estimate of drug-likeness (QED) is 0.690. The first-order valence-electron chi connectivity index (χ1n) is 9.76. The van der Waals surface area contributed by atoms with Gasteiger partial charge >= 0.3 is 0 Å². The lowest BCUT2D eigenvalue weighted by atomic mass is 9.74. The number of nitrogens with one attached hydrogen (secondary N) is 1. The van der Waals surface area contributed by atoms with Gasteiger partial charge in [0.1, 0.15) is 5.75 Å². The summed E-state index contributed by atoms with van der Waals surface area (Å²) in [6.45, 7) is 6.43. The Hall–Kier alpha value is -2.67. The van der Waals surface area contributed by atoms with Gasteiger partial charge in [0, 0.05) is 10.9 Å². The van der Waals surface area contributed by atoms with Gasteiger partial charge in [0.25, 0.3) is 0 Å². The molecule has 29 heavy (non-hydrogen) atoms. The van der Waals surface area contributed by atoms with Gasteiger partial charge in [-0.2, -0.15) is 5.10 Å². The molecule has 0 radical (unpaired) electrons. The Balaban J connectivity index is 1.59. The van der Waals surface area contributed by atoms with E-state index in [0.717, 1.165) is 46.2 Å². The highest BCUT2D eigenvalue weighted by molar-refractivity contribution is 7.09. The average molecular weight is 411 g/mol. The zero-order valence-corrected chi connectivity index (χ0v) is 18.0. The Kier molecular flexibility index (Phi) is 5.17. The lowest BCUT2D eigenvalue weighted by molar-refractivity contribution is -0.121. The zero-order chi connectivity index (χ0) is 20.6. The van der Waals surface area contributed by atoms with Gasteiger partial charge in [-0.15, -0.1) is 11.3 Å². The predicted molar refractivity (Wildman–Crippen MR) is 114 cm³/mol. The Morgan fingerprint density at radius 2 is 2.10 bits per heavy atom. The van der Waals surface area contributed by atoms with E-state index in [0.29, 0.717) is 6.42 Å². The maximum Gasteiger partial charge on any atom is 0.226 e. The van der Waals surface area contributed by atoms with Crippen LogP contribution in [0.25, 0.3) is 5.69 Å². The second-order valence-corrected chi connectivity index (χ2v) is 9.42. The van der Waals surface area contributed by atoms with Crippen LogP contribution in [0.1, 0.15) is 48.3 Å². The summed E-state index contributed by atoms with van der Waals surface area (Å²) in [6, 6.07) is 7.84. The summed E-state index contributed by atoms with van der Waals surface area (Å²) in [5.74, 6) is 0.818. The van der Waals surface area contributed by atoms with Crippen LogP contribution in [0, 0.1) is 12.3 Å². The molecule has 0 aliphatic heterocycles. The molecule has 1 aliphatic carbocycles. The third-order valence-electron chi connectivity index (χ3n) is 5.34. The van der Waals surface area contributed by atoms with E-state index in [2.05, 4.69) is 29.2 Å². The lowest BCUT2D eigenvalue weighted by Gasteiger charge is -2.36. The molecule has 0 fully saturated rings. The van der Waals surface area contributed by atoms with Crippen LogP contribution in [0.15, 0.2) is 35.8 Å². The average Bonchev–Trinajstić information content (AvgIpc) is 3.27. The third kappa shape index (κ3) is 4.19. The second-order valence-electron chi connectivity index (χ2n) is 8.36. The molecule has 6 nitrogen and oxygen atoms in total. The molecule has 1 aliphatic rings. The fourth-order valence-electron chi connectivity index (χ4n) is 4.02. The Morgan fingerprint density at radius 3 is 2.76 bits per heavy atom. The van der Waals surface area contributed by atoms with Crippen LogP contribution >= 0.6 is 11.3 Å². The van der Waals surface area contributed by atoms with Crippen molar-refractivity contribution in [2.75, 3.05) is 7.11 Å². The van der Waals surface area contributed by atoms with Gasteiger partial charge in [0.15, 0.2) is 0 Å². The number of rotatable bonds is 5. The number of carbonyl (C=O) groups is 1. The van der Waals surface area contributed by atoms with Crippen LogP contribution < -0.4 is 10.1 Å². The first-order valence-corrected chi connectivity index (χ1v) is 10.6. The summed E-state index contributed by atoms with van der Waals surface area (Å²) in [5.41, 5.74) is 4.14. The molecule has 0 bridgehead atoms. The number of amides is 1. The number of methoxy groups -OCH3 is 1. The van der Waals surface area contributed by atoms with E-state index in [1.54, 1.807) is 18.4 Å². The van der Waals surface area contributed by atoms with E-state index in [1.807, 2.05) is 47.4 Å². The van der Waals surface area contributed by atoms with Crippen molar-refractivity contribution in [2.24, 2.45) is 5.41 Å². The van der Waals surface area contributed by atoms with Crippen LogP contribution in [0.3, 0.4) is 0 Å². The Morgan fingerprint density at radius 1 is 1.34 bits per heavy atom. The van der Waals surface area contributed by atoms with Crippen LogP contribution in [-0.2, 0) is 17.6 Å². The molecule has 7 heteroatoms. The van der Waals surface area contributed by atoms with Crippen LogP contribution in [0.4, 0.5) is 0 Å². The molecular weight excluding hydrogens is 384 g/mol. The molecule has 0 saturated carbocycles. The van der Waals surface area contributed by atoms with Gasteiger partial charge in [-0.05, 0) is 49.4 Å². The minimum atomic E-state index is -0.0482. The van der Waals surface area contributed by atoms with Crippen molar-refractivity contribution >= 4 is 17.2 Å². The molecule has 2 heterocycles. The third-order valence-corrected chi connectivity index (χ3v) is 6.16. The molecule has 2 aromatic heterocycles. The summed E-state index contributed by atoms with van der Waals surface area (Å²) in [6.07, 6.45) is 4.00. The number of hydrogen-bond donors (Lipinski definition) is 1. The minimum Gasteiger partial charge on any atom is -0.497 e. The summed E-state index contributed by atoms with van der Waals surface area (Å²) in [4.78, 5) is 17.1. The molecule has 0 spiro atoms. The summed E-state index contributed by atoms with van der Waals surface area (Å²) >= 11 is 1.57. The van der Waals surface area contributed by atoms with Crippen molar-refractivity contribution in [3.05, 3.63) is 57.8 Å². The molecule has 0 saturated heterocycles. The highest BCUT2D eigenvalue weighted by atomic mass is 32.1. The second kappa shape index (κ2) is 7.63. The number of carbonyl (C=O) groups excluding carboxylic acids is 1. The number of nitrogens with zero attached hydrogens (tertiary/aromatic N) is 3. The number of aromatic nitrogens is 3. The standard InChI is InChI=1S/C22H26N4O2S/c1-14-24-15(13-29-14)9-21(27)25-19-10-22(2,3)11-20-18(19)12-23-26(20)16-5-7-17(28-4)8-6-16/h5-8,12-13,19H,9-11H2,1-4H3,(H,25,27). The fraction of sp³-hybridized carbons (Fsp3) is 0.409. The smallest absolute Gasteiger partial charge is 0.226 e. The summed E-state index contributed by atoms with van der Waals surface area (Å²) in [7, 11) is 1.66. The summed E-state index contributed by atoms with van der Waals surface area (Å²) < 4.78 is 7.25. The monoisotopic (exact) mass is 410 g/mol. The Bertz CT molecular complexity index is 1020. The van der Waals surface area contributed by atoms with Gasteiger partial charge in [-0.3, -0.25) is 4.79 Å². The van der Waals surface area contributed by atoms with Gasteiger partial charge in [0.2, 0.25) is 5.91 Å². The predicted octanol–water partition coefficient (Wildman–Crippen LogP) is 4.02. The SMILES string of the molecule is COc1ccc(-n2ncc3c2CC(C)(C)CC3NC(=O)Cc2csc(C)n2)cc1. The van der Waals surface area contributed by atoms with E-state index < -0.39 is 0 Å². The molecule has 4 rings (SSSR count). The Labute approximate surface area is 174 Å². The van der Waals surface area contributed by atoms with Crippen LogP contribution in [0.2, 0.25) is 0 Å². The highest BCUT2D eigenvalue weighted by Crippen LogP contribution is 2.41. The molecule has 1 amide bonds. The van der Waals surface area contributed by atoms with E-state index >= 15 is 0 Å².